The summed E-state index contributed by atoms with van der Waals surface area (Å²) >= 11 is 6.61. The first kappa shape index (κ1) is 19.1. The van der Waals surface area contributed by atoms with Gasteiger partial charge in [-0.15, -0.1) is 0 Å². The number of nitrogens with zero attached hydrogens (tertiary/aromatic N) is 1. The number of methoxy groups -OCH3 is 1. The fourth-order valence-corrected chi connectivity index (χ4v) is 3.11. The zero-order valence-electron chi connectivity index (χ0n) is 13.7. The predicted octanol–water partition coefficient (Wildman–Crippen LogP) is 3.04. The Morgan fingerprint density at radius 2 is 2.08 bits per heavy atom. The van der Waals surface area contributed by atoms with Crippen molar-refractivity contribution in [3.05, 3.63) is 27.6 Å². The molecule has 0 bridgehead atoms. The van der Waals surface area contributed by atoms with Crippen molar-refractivity contribution in [2.75, 3.05) is 13.7 Å². The van der Waals surface area contributed by atoms with Crippen LogP contribution in [0.25, 0.3) is 6.08 Å². The molecule has 134 valence electrons. The van der Waals surface area contributed by atoms with Crippen LogP contribution in [0.15, 0.2) is 17.0 Å². The van der Waals surface area contributed by atoms with E-state index in [2.05, 4.69) is 0 Å². The number of imide groups is 1. The van der Waals surface area contributed by atoms with Crippen LogP contribution in [-0.2, 0) is 14.3 Å². The molecule has 7 nitrogen and oxygen atoms in total. The van der Waals surface area contributed by atoms with E-state index in [1.807, 2.05) is 0 Å². The van der Waals surface area contributed by atoms with Crippen LogP contribution in [0.2, 0.25) is 5.02 Å². The second-order valence-corrected chi connectivity index (χ2v) is 6.78. The minimum atomic E-state index is -0.675. The number of phenols is 1. The van der Waals surface area contributed by atoms with E-state index in [4.69, 9.17) is 21.1 Å². The third kappa shape index (κ3) is 4.46. The van der Waals surface area contributed by atoms with Crippen LogP contribution in [-0.4, -0.2) is 46.9 Å². The predicted molar refractivity (Wildman–Crippen MR) is 93.6 cm³/mol. The maximum atomic E-state index is 12.4. The van der Waals surface area contributed by atoms with E-state index in [0.29, 0.717) is 16.8 Å². The van der Waals surface area contributed by atoms with Crippen LogP contribution in [0.5, 0.6) is 11.5 Å². The summed E-state index contributed by atoms with van der Waals surface area (Å²) in [5.41, 5.74) is 0.222. The molecule has 25 heavy (non-hydrogen) atoms. The number of hydrogen-bond acceptors (Lipinski definition) is 7. The van der Waals surface area contributed by atoms with E-state index < -0.39 is 23.7 Å². The summed E-state index contributed by atoms with van der Waals surface area (Å²) in [4.78, 5) is 36.9. The lowest BCUT2D eigenvalue weighted by molar-refractivity contribution is -0.149. The van der Waals surface area contributed by atoms with Crippen LogP contribution in [0.3, 0.4) is 0 Å². The lowest BCUT2D eigenvalue weighted by Gasteiger charge is -2.13. The molecule has 0 atom stereocenters. The molecule has 0 aromatic heterocycles. The van der Waals surface area contributed by atoms with Crippen molar-refractivity contribution in [1.29, 1.82) is 0 Å². The molecule has 2 rings (SSSR count). The molecule has 2 amide bonds. The summed E-state index contributed by atoms with van der Waals surface area (Å²) in [5.74, 6) is -1.39. The number of rotatable bonds is 5. The molecule has 9 heteroatoms. The minimum absolute atomic E-state index is 0.0574. The average Bonchev–Trinajstić information content (AvgIpc) is 2.77. The van der Waals surface area contributed by atoms with Crippen LogP contribution in [0, 0.1) is 0 Å². The van der Waals surface area contributed by atoms with E-state index in [9.17, 15) is 19.5 Å². The Kier molecular flexibility index (Phi) is 5.97. The van der Waals surface area contributed by atoms with Crippen molar-refractivity contribution >= 4 is 46.6 Å². The van der Waals surface area contributed by atoms with Crippen LogP contribution in [0.1, 0.15) is 19.4 Å². The molecule has 1 fully saturated rings. The van der Waals surface area contributed by atoms with E-state index >= 15 is 0 Å². The second-order valence-electron chi connectivity index (χ2n) is 5.35. The van der Waals surface area contributed by atoms with Crippen molar-refractivity contribution in [2.24, 2.45) is 0 Å². The number of benzene rings is 1. The van der Waals surface area contributed by atoms with E-state index in [0.717, 1.165) is 4.90 Å². The number of hydrogen-bond donors (Lipinski definition) is 1. The van der Waals surface area contributed by atoms with Crippen molar-refractivity contribution in [3.63, 3.8) is 0 Å². The summed E-state index contributed by atoms with van der Waals surface area (Å²) in [5, 5.41) is 9.81. The standard InChI is InChI=1S/C16H16ClNO6S/c1-8(2)24-13(19)7-18-15(21)12(25-16(18)22)5-9-4-10(17)6-11(23-3)14(9)20/h4-6,8,20H,7H2,1-3H3/b12-5+. The quantitative estimate of drug-likeness (QED) is 0.615. The van der Waals surface area contributed by atoms with Crippen LogP contribution in [0.4, 0.5) is 4.79 Å². The number of esters is 1. The van der Waals surface area contributed by atoms with Crippen molar-refractivity contribution in [3.8, 4) is 11.5 Å². The van der Waals surface area contributed by atoms with Gasteiger partial charge in [0.25, 0.3) is 11.1 Å². The Morgan fingerprint density at radius 3 is 2.68 bits per heavy atom. The van der Waals surface area contributed by atoms with Gasteiger partial charge in [-0.25, -0.2) is 0 Å². The Balaban J connectivity index is 2.26. The van der Waals surface area contributed by atoms with Crippen LogP contribution < -0.4 is 4.74 Å². The van der Waals surface area contributed by atoms with Gasteiger partial charge in [0, 0.05) is 16.7 Å². The number of thioether (sulfide) groups is 1. The molecule has 0 unspecified atom stereocenters. The van der Waals surface area contributed by atoms with E-state index in [1.54, 1.807) is 13.8 Å². The molecule has 0 aliphatic carbocycles. The van der Waals surface area contributed by atoms with Gasteiger partial charge in [-0.2, -0.15) is 0 Å². The monoisotopic (exact) mass is 385 g/mol. The van der Waals surface area contributed by atoms with Gasteiger partial charge in [-0.1, -0.05) is 11.6 Å². The molecular formula is C16H16ClNO6S. The average molecular weight is 386 g/mol. The van der Waals surface area contributed by atoms with Gasteiger partial charge in [0.15, 0.2) is 11.5 Å². The summed E-state index contributed by atoms with van der Waals surface area (Å²) < 4.78 is 9.94. The minimum Gasteiger partial charge on any atom is -0.504 e. The molecule has 1 heterocycles. The summed E-state index contributed by atoms with van der Waals surface area (Å²) in [7, 11) is 1.36. The van der Waals surface area contributed by atoms with Gasteiger partial charge in [-0.05, 0) is 37.8 Å². The van der Waals surface area contributed by atoms with Crippen molar-refractivity contribution in [1.82, 2.24) is 4.90 Å². The largest absolute Gasteiger partial charge is 0.504 e. The maximum absolute atomic E-state index is 12.4. The highest BCUT2D eigenvalue weighted by molar-refractivity contribution is 8.18. The summed E-state index contributed by atoms with van der Waals surface area (Å²) in [6.07, 6.45) is 0.974. The number of carbonyl (C=O) groups is 3. The highest BCUT2D eigenvalue weighted by Gasteiger charge is 2.37. The first-order valence-corrected chi connectivity index (χ1v) is 8.43. The normalized spacial score (nSPS) is 16.0. The Bertz CT molecular complexity index is 761. The summed E-state index contributed by atoms with van der Waals surface area (Å²) in [6.45, 7) is 2.87. The Labute approximate surface area is 153 Å². The first-order valence-electron chi connectivity index (χ1n) is 7.24. The molecular weight excluding hydrogens is 370 g/mol. The molecule has 1 aromatic carbocycles. The smallest absolute Gasteiger partial charge is 0.326 e. The Morgan fingerprint density at radius 1 is 1.40 bits per heavy atom. The fraction of sp³-hybridized carbons (Fsp3) is 0.312. The van der Waals surface area contributed by atoms with Crippen LogP contribution >= 0.6 is 23.4 Å². The number of amides is 2. The number of ether oxygens (including phenoxy) is 2. The van der Waals surface area contributed by atoms with Gasteiger partial charge in [0.05, 0.1) is 18.1 Å². The lowest BCUT2D eigenvalue weighted by Crippen LogP contribution is -2.35. The molecule has 0 radical (unpaired) electrons. The van der Waals surface area contributed by atoms with E-state index in [1.165, 1.54) is 25.3 Å². The molecule has 1 aromatic rings. The zero-order chi connectivity index (χ0) is 18.7. The molecule has 1 saturated heterocycles. The molecule has 1 N–H and O–H groups in total. The van der Waals surface area contributed by atoms with Crippen molar-refractivity contribution in [2.45, 2.75) is 20.0 Å². The van der Waals surface area contributed by atoms with Gasteiger partial charge in [0.1, 0.15) is 6.54 Å². The first-order chi connectivity index (χ1) is 11.7. The number of aromatic hydroxyl groups is 1. The highest BCUT2D eigenvalue weighted by atomic mass is 35.5. The lowest BCUT2D eigenvalue weighted by atomic mass is 10.1. The molecule has 1 aliphatic heterocycles. The van der Waals surface area contributed by atoms with Gasteiger partial charge >= 0.3 is 5.97 Å². The molecule has 0 saturated carbocycles. The molecule has 1 aliphatic rings. The number of phenolic OH excluding ortho intramolecular Hbond substituents is 1. The SMILES string of the molecule is COc1cc(Cl)cc(/C=C2/SC(=O)N(CC(=O)OC(C)C)C2=O)c1O. The van der Waals surface area contributed by atoms with Gasteiger partial charge in [0.2, 0.25) is 0 Å². The van der Waals surface area contributed by atoms with Gasteiger partial charge in [-0.3, -0.25) is 19.3 Å². The second kappa shape index (κ2) is 7.79. The Hall–Kier alpha value is -2.19. The third-order valence-electron chi connectivity index (χ3n) is 3.10. The van der Waals surface area contributed by atoms with Gasteiger partial charge < -0.3 is 14.6 Å². The highest BCUT2D eigenvalue weighted by Crippen LogP contribution is 2.38. The molecule has 0 spiro atoms. The van der Waals surface area contributed by atoms with Crippen molar-refractivity contribution < 1.29 is 29.0 Å². The zero-order valence-corrected chi connectivity index (χ0v) is 15.3. The maximum Gasteiger partial charge on any atom is 0.326 e. The van der Waals surface area contributed by atoms with E-state index in [-0.39, 0.29) is 28.1 Å². The summed E-state index contributed by atoms with van der Waals surface area (Å²) in [6, 6.07) is 2.85. The topological polar surface area (TPSA) is 93.1 Å². The third-order valence-corrected chi connectivity index (χ3v) is 4.23. The number of halogens is 1. The number of carbonyl (C=O) groups excluding carboxylic acids is 3. The fourth-order valence-electron chi connectivity index (χ4n) is 2.07.